The van der Waals surface area contributed by atoms with E-state index in [-0.39, 0.29) is 34.2 Å². The Balaban J connectivity index is 1.81. The molecule has 1 N–H and O–H groups in total. The van der Waals surface area contributed by atoms with Gasteiger partial charge in [-0.15, -0.1) is 10.2 Å². The van der Waals surface area contributed by atoms with Gasteiger partial charge in [0.1, 0.15) is 0 Å². The fraction of sp³-hybridized carbons (Fsp3) is 0.400. The molecule has 120 valence electrons. The Kier molecular flexibility index (Phi) is 2.90. The summed E-state index contributed by atoms with van der Waals surface area (Å²) < 4.78 is 31.5. The summed E-state index contributed by atoms with van der Waals surface area (Å²) in [5.74, 6) is 0.0431. The minimum atomic E-state index is -3.80. The molecule has 1 atom stereocenters. The fourth-order valence-electron chi connectivity index (χ4n) is 2.68. The van der Waals surface area contributed by atoms with Crippen LogP contribution in [0.1, 0.15) is 43.2 Å². The third kappa shape index (κ3) is 2.24. The van der Waals surface area contributed by atoms with Crippen molar-refractivity contribution in [1.29, 1.82) is 0 Å². The predicted octanol–water partition coefficient (Wildman–Crippen LogP) is 1.98. The Morgan fingerprint density at radius 3 is 2.74 bits per heavy atom. The van der Waals surface area contributed by atoms with Gasteiger partial charge >= 0.3 is 0 Å². The standard InChI is InChI=1S/C15H15N3O4S/c1-15(6-7-15)14-18-17-13(22-14)11-8-12(19)16-9-4-2-3-5-10(9)23(11,20)21/h2-5,11H,6-8H2,1H3,(H,16,19). The lowest BCUT2D eigenvalue weighted by Gasteiger charge is -2.10. The summed E-state index contributed by atoms with van der Waals surface area (Å²) in [6.45, 7) is 1.99. The molecular formula is C15H15N3O4S. The molecule has 1 aliphatic carbocycles. The van der Waals surface area contributed by atoms with Gasteiger partial charge in [0.25, 0.3) is 0 Å². The van der Waals surface area contributed by atoms with Crippen LogP contribution in [0.2, 0.25) is 0 Å². The number of nitrogens with one attached hydrogen (secondary N) is 1. The molecular weight excluding hydrogens is 318 g/mol. The van der Waals surface area contributed by atoms with Gasteiger partial charge in [-0.3, -0.25) is 4.79 Å². The van der Waals surface area contributed by atoms with Crippen LogP contribution in [0.5, 0.6) is 0 Å². The molecule has 2 aliphatic rings. The number of para-hydroxylation sites is 1. The third-order valence-electron chi connectivity index (χ3n) is 4.45. The zero-order chi connectivity index (χ0) is 16.2. The second kappa shape index (κ2) is 4.64. The molecule has 0 bridgehead atoms. The third-order valence-corrected chi connectivity index (χ3v) is 6.53. The molecule has 1 saturated carbocycles. The van der Waals surface area contributed by atoms with E-state index in [1.165, 1.54) is 6.07 Å². The van der Waals surface area contributed by atoms with Gasteiger partial charge < -0.3 is 9.73 Å². The number of benzene rings is 1. The summed E-state index contributed by atoms with van der Waals surface area (Å²) in [4.78, 5) is 12.1. The van der Waals surface area contributed by atoms with Crippen LogP contribution >= 0.6 is 0 Å². The van der Waals surface area contributed by atoms with Crippen molar-refractivity contribution in [3.8, 4) is 0 Å². The lowest BCUT2D eigenvalue weighted by atomic mass is 10.1. The number of nitrogens with zero attached hydrogens (tertiary/aromatic N) is 2. The maximum absolute atomic E-state index is 12.9. The summed E-state index contributed by atoms with van der Waals surface area (Å²) in [5.41, 5.74) is 0.133. The highest BCUT2D eigenvalue weighted by atomic mass is 32.2. The number of fused-ring (bicyclic) bond motifs is 1. The van der Waals surface area contributed by atoms with E-state index >= 15 is 0 Å². The molecule has 7 nitrogen and oxygen atoms in total. The van der Waals surface area contributed by atoms with Crippen molar-refractivity contribution >= 4 is 21.4 Å². The van der Waals surface area contributed by atoms with E-state index in [0.29, 0.717) is 5.89 Å². The first-order chi connectivity index (χ1) is 10.9. The molecule has 4 rings (SSSR count). The number of amides is 1. The molecule has 1 amide bonds. The molecule has 0 saturated heterocycles. The first-order valence-electron chi connectivity index (χ1n) is 7.37. The highest BCUT2D eigenvalue weighted by Crippen LogP contribution is 2.47. The van der Waals surface area contributed by atoms with E-state index in [4.69, 9.17) is 4.42 Å². The zero-order valence-electron chi connectivity index (χ0n) is 12.4. The fourth-order valence-corrected chi connectivity index (χ4v) is 4.41. The van der Waals surface area contributed by atoms with Crippen molar-refractivity contribution in [1.82, 2.24) is 10.2 Å². The normalized spacial score (nSPS) is 24.4. The maximum atomic E-state index is 12.9. The Labute approximate surface area is 133 Å². The number of carbonyl (C=O) groups is 1. The van der Waals surface area contributed by atoms with Gasteiger partial charge in [0.15, 0.2) is 15.1 Å². The lowest BCUT2D eigenvalue weighted by molar-refractivity contribution is -0.116. The second-order valence-corrected chi connectivity index (χ2v) is 8.39. The van der Waals surface area contributed by atoms with Crippen molar-refractivity contribution in [2.75, 3.05) is 5.32 Å². The van der Waals surface area contributed by atoms with Crippen molar-refractivity contribution in [3.05, 3.63) is 36.0 Å². The molecule has 1 fully saturated rings. The van der Waals surface area contributed by atoms with Gasteiger partial charge in [0.2, 0.25) is 17.7 Å². The summed E-state index contributed by atoms with van der Waals surface area (Å²) in [6, 6.07) is 6.34. The lowest BCUT2D eigenvalue weighted by Crippen LogP contribution is -2.17. The van der Waals surface area contributed by atoms with E-state index in [1.54, 1.807) is 18.2 Å². The zero-order valence-corrected chi connectivity index (χ0v) is 13.3. The van der Waals surface area contributed by atoms with Crippen LogP contribution in [0.3, 0.4) is 0 Å². The van der Waals surface area contributed by atoms with Crippen LogP contribution in [-0.4, -0.2) is 24.5 Å². The van der Waals surface area contributed by atoms with Crippen LogP contribution in [-0.2, 0) is 20.0 Å². The van der Waals surface area contributed by atoms with Crippen LogP contribution in [0.25, 0.3) is 0 Å². The number of hydrogen-bond acceptors (Lipinski definition) is 6. The average molecular weight is 333 g/mol. The van der Waals surface area contributed by atoms with E-state index in [1.807, 2.05) is 6.92 Å². The Bertz CT molecular complexity index is 899. The highest BCUT2D eigenvalue weighted by molar-refractivity contribution is 7.91. The Morgan fingerprint density at radius 1 is 1.26 bits per heavy atom. The van der Waals surface area contributed by atoms with Crippen molar-refractivity contribution in [3.63, 3.8) is 0 Å². The largest absolute Gasteiger partial charge is 0.423 e. The second-order valence-electron chi connectivity index (χ2n) is 6.29. The number of rotatable bonds is 2. The monoisotopic (exact) mass is 333 g/mol. The van der Waals surface area contributed by atoms with Crippen LogP contribution < -0.4 is 5.32 Å². The van der Waals surface area contributed by atoms with Gasteiger partial charge in [0.05, 0.1) is 17.0 Å². The molecule has 0 radical (unpaired) electrons. The summed E-state index contributed by atoms with van der Waals surface area (Å²) in [7, 11) is -3.80. The molecule has 1 aromatic heterocycles. The van der Waals surface area contributed by atoms with Gasteiger partial charge in [-0.2, -0.15) is 0 Å². The SMILES string of the molecule is CC1(c2nnc(C3CC(=O)Nc4ccccc4S3(=O)=O)o2)CC1. The minimum Gasteiger partial charge on any atom is -0.423 e. The van der Waals surface area contributed by atoms with E-state index in [9.17, 15) is 13.2 Å². The van der Waals surface area contributed by atoms with Crippen LogP contribution in [0.4, 0.5) is 5.69 Å². The van der Waals surface area contributed by atoms with Crippen molar-refractivity contribution in [2.24, 2.45) is 0 Å². The average Bonchev–Trinajstić information content (AvgIpc) is 3.10. The summed E-state index contributed by atoms with van der Waals surface area (Å²) >= 11 is 0. The quantitative estimate of drug-likeness (QED) is 0.901. The van der Waals surface area contributed by atoms with Crippen molar-refractivity contribution < 1.29 is 17.6 Å². The number of carbonyl (C=O) groups excluding carboxylic acids is 1. The molecule has 1 aliphatic heterocycles. The number of sulfone groups is 1. The van der Waals surface area contributed by atoms with Crippen molar-refractivity contribution in [2.45, 2.75) is 41.7 Å². The summed E-state index contributed by atoms with van der Waals surface area (Å²) in [6.07, 6.45) is 1.64. The predicted molar refractivity (Wildman–Crippen MR) is 80.5 cm³/mol. The van der Waals surface area contributed by atoms with Gasteiger partial charge in [-0.25, -0.2) is 8.42 Å². The number of aromatic nitrogens is 2. The van der Waals surface area contributed by atoms with Crippen LogP contribution in [0.15, 0.2) is 33.6 Å². The van der Waals surface area contributed by atoms with Gasteiger partial charge in [0, 0.05) is 5.41 Å². The van der Waals surface area contributed by atoms with Gasteiger partial charge in [-0.1, -0.05) is 19.1 Å². The molecule has 0 spiro atoms. The summed E-state index contributed by atoms with van der Waals surface area (Å²) in [5, 5.41) is 9.37. The molecule has 1 aromatic carbocycles. The van der Waals surface area contributed by atoms with Gasteiger partial charge in [-0.05, 0) is 25.0 Å². The van der Waals surface area contributed by atoms with E-state index < -0.39 is 15.1 Å². The molecule has 2 heterocycles. The Hall–Kier alpha value is -2.22. The molecule has 8 heteroatoms. The minimum absolute atomic E-state index is 0.0139. The van der Waals surface area contributed by atoms with Crippen LogP contribution in [0, 0.1) is 0 Å². The van der Waals surface area contributed by atoms with E-state index in [0.717, 1.165) is 12.8 Å². The molecule has 2 aromatic rings. The number of anilines is 1. The first-order valence-corrected chi connectivity index (χ1v) is 8.91. The van der Waals surface area contributed by atoms with E-state index in [2.05, 4.69) is 15.5 Å². The molecule has 23 heavy (non-hydrogen) atoms. The maximum Gasteiger partial charge on any atom is 0.235 e. The highest BCUT2D eigenvalue weighted by Gasteiger charge is 2.46. The first kappa shape index (κ1) is 14.4. The number of hydrogen-bond donors (Lipinski definition) is 1. The Morgan fingerprint density at radius 2 is 2.00 bits per heavy atom. The topological polar surface area (TPSA) is 102 Å². The smallest absolute Gasteiger partial charge is 0.235 e. The molecule has 1 unspecified atom stereocenters.